The Balaban J connectivity index is 2.76. The van der Waals surface area contributed by atoms with E-state index >= 15 is 0 Å². The summed E-state index contributed by atoms with van der Waals surface area (Å²) in [5.74, 6) is 0. The third-order valence-corrected chi connectivity index (χ3v) is 9.85. The van der Waals surface area contributed by atoms with Crippen LogP contribution in [-0.4, -0.2) is 17.7 Å². The molecule has 0 radical (unpaired) electrons. The Morgan fingerprint density at radius 1 is 1.19 bits per heavy atom. The molecule has 0 aliphatic heterocycles. The van der Waals surface area contributed by atoms with Gasteiger partial charge in [0.25, 0.3) is 0 Å². The molecule has 7 heteroatoms. The maximum Gasteiger partial charge on any atom is 0.407 e. The fraction of sp³-hybridized carbons (Fsp3) is 0.500. The molecule has 3 nitrogen and oxygen atoms in total. The van der Waals surface area contributed by atoms with Crippen LogP contribution in [0.1, 0.15) is 33.3 Å². The first kappa shape index (κ1) is 20.5. The van der Waals surface area contributed by atoms with Gasteiger partial charge in [0.1, 0.15) is 5.60 Å². The lowest BCUT2D eigenvalue weighted by atomic mass is 10.1. The lowest BCUT2D eigenvalue weighted by Crippen LogP contribution is -2.38. The van der Waals surface area contributed by atoms with Crippen molar-refractivity contribution in [2.75, 3.05) is 0 Å². The molecule has 1 aromatic rings. The molecule has 118 valence electrons. The topological polar surface area (TPSA) is 38.3 Å². The van der Waals surface area contributed by atoms with Gasteiger partial charge in [0.15, 0.2) is 0 Å². The molecule has 0 saturated heterocycles. The van der Waals surface area contributed by atoms with Gasteiger partial charge in [0, 0.05) is 20.3 Å². The quantitative estimate of drug-likeness (QED) is 0.251. The first-order valence-corrected chi connectivity index (χ1v) is 10.6. The van der Waals surface area contributed by atoms with Crippen molar-refractivity contribution in [2.45, 2.75) is 45.8 Å². The fourth-order valence-electron chi connectivity index (χ4n) is 1.66. The van der Waals surface area contributed by atoms with E-state index in [-0.39, 0.29) is 12.1 Å². The molecule has 1 N–H and O–H groups in total. The lowest BCUT2D eigenvalue weighted by Gasteiger charge is -2.22. The van der Waals surface area contributed by atoms with E-state index in [4.69, 9.17) is 4.74 Å². The van der Waals surface area contributed by atoms with E-state index in [0.717, 1.165) is 6.42 Å². The first-order valence-electron chi connectivity index (χ1n) is 6.32. The zero-order chi connectivity index (χ0) is 16.4. The molecule has 1 aromatic carbocycles. The number of alkyl carbamates (subject to hydrolysis) is 1. The number of halogens is 4. The number of hydrogen-bond donors (Lipinski definition) is 1. The Labute approximate surface area is 180 Å². The van der Waals surface area contributed by atoms with Crippen LogP contribution in [-0.2, 0) is 11.2 Å². The van der Waals surface area contributed by atoms with Crippen molar-refractivity contribution in [1.82, 2.24) is 5.32 Å². The summed E-state index contributed by atoms with van der Waals surface area (Å²) >= 11 is 9.48. The summed E-state index contributed by atoms with van der Waals surface area (Å²) in [4.78, 5) is 11.8. The molecule has 0 bridgehead atoms. The van der Waals surface area contributed by atoms with Crippen molar-refractivity contribution in [3.63, 3.8) is 0 Å². The zero-order valence-corrected chi connectivity index (χ0v) is 20.8. The SMILES string of the molecule is CC(Cc1cc(I)c(I)c(I)c1I)NC(=O)OC(C)(C)C. The second kappa shape index (κ2) is 8.49. The van der Waals surface area contributed by atoms with Crippen LogP contribution in [0.25, 0.3) is 0 Å². The van der Waals surface area contributed by atoms with Crippen LogP contribution in [0, 0.1) is 14.3 Å². The van der Waals surface area contributed by atoms with Gasteiger partial charge in [-0.15, -0.1) is 0 Å². The Kier molecular flexibility index (Phi) is 8.27. The lowest BCUT2D eigenvalue weighted by molar-refractivity contribution is 0.0508. The van der Waals surface area contributed by atoms with Gasteiger partial charge in [-0.05, 0) is 136 Å². The fourth-order valence-corrected chi connectivity index (χ4v) is 5.05. The molecular formula is C14H17I4NO2. The average Bonchev–Trinajstić information content (AvgIpc) is 2.30. The van der Waals surface area contributed by atoms with Crippen molar-refractivity contribution < 1.29 is 9.53 Å². The summed E-state index contributed by atoms with van der Waals surface area (Å²) in [5.41, 5.74) is 0.791. The summed E-state index contributed by atoms with van der Waals surface area (Å²) < 4.78 is 10.4. The Morgan fingerprint density at radius 3 is 2.29 bits per heavy atom. The molecular weight excluding hydrogens is 722 g/mol. The van der Waals surface area contributed by atoms with Gasteiger partial charge in [0.2, 0.25) is 0 Å². The van der Waals surface area contributed by atoms with E-state index in [0.29, 0.717) is 0 Å². The van der Waals surface area contributed by atoms with Gasteiger partial charge in [-0.2, -0.15) is 0 Å². The molecule has 0 aliphatic rings. The van der Waals surface area contributed by atoms with Gasteiger partial charge in [-0.3, -0.25) is 0 Å². The normalized spacial score (nSPS) is 13.0. The van der Waals surface area contributed by atoms with Gasteiger partial charge < -0.3 is 10.1 Å². The van der Waals surface area contributed by atoms with Crippen molar-refractivity contribution >= 4 is 96.5 Å². The van der Waals surface area contributed by atoms with Crippen molar-refractivity contribution in [1.29, 1.82) is 0 Å². The molecule has 1 amide bonds. The highest BCUT2D eigenvalue weighted by atomic mass is 127. The monoisotopic (exact) mass is 739 g/mol. The first-order chi connectivity index (χ1) is 9.51. The number of nitrogens with one attached hydrogen (secondary N) is 1. The minimum absolute atomic E-state index is 0.0278. The predicted molar refractivity (Wildman–Crippen MR) is 120 cm³/mol. The molecule has 1 rings (SSSR count). The summed E-state index contributed by atoms with van der Waals surface area (Å²) in [7, 11) is 0. The van der Waals surface area contributed by atoms with Gasteiger partial charge in [0.05, 0.1) is 0 Å². The van der Waals surface area contributed by atoms with Crippen molar-refractivity contribution in [3.05, 3.63) is 25.9 Å². The van der Waals surface area contributed by atoms with Crippen LogP contribution in [0.2, 0.25) is 0 Å². The van der Waals surface area contributed by atoms with Gasteiger partial charge >= 0.3 is 6.09 Å². The van der Waals surface area contributed by atoms with Crippen molar-refractivity contribution in [2.24, 2.45) is 0 Å². The van der Waals surface area contributed by atoms with E-state index in [9.17, 15) is 4.79 Å². The molecule has 1 unspecified atom stereocenters. The maximum absolute atomic E-state index is 11.8. The highest BCUT2D eigenvalue weighted by molar-refractivity contribution is 14.1. The number of benzene rings is 1. The molecule has 1 atom stereocenters. The summed E-state index contributed by atoms with van der Waals surface area (Å²) in [6.45, 7) is 7.59. The molecule has 0 heterocycles. The number of amides is 1. The van der Waals surface area contributed by atoms with Crippen LogP contribution in [0.5, 0.6) is 0 Å². The summed E-state index contributed by atoms with van der Waals surface area (Å²) in [6, 6.07) is 2.22. The number of carbonyl (C=O) groups excluding carboxylic acids is 1. The van der Waals surface area contributed by atoms with E-state index in [1.165, 1.54) is 19.8 Å². The van der Waals surface area contributed by atoms with Crippen LogP contribution >= 0.6 is 90.4 Å². The van der Waals surface area contributed by atoms with Crippen LogP contribution in [0.15, 0.2) is 6.07 Å². The van der Waals surface area contributed by atoms with E-state index < -0.39 is 5.60 Å². The Hall–Kier alpha value is 1.41. The van der Waals surface area contributed by atoms with Crippen LogP contribution in [0.4, 0.5) is 4.79 Å². The maximum atomic E-state index is 11.8. The smallest absolute Gasteiger partial charge is 0.407 e. The molecule has 0 aliphatic carbocycles. The van der Waals surface area contributed by atoms with Crippen LogP contribution < -0.4 is 5.32 Å². The van der Waals surface area contributed by atoms with Crippen molar-refractivity contribution in [3.8, 4) is 0 Å². The van der Waals surface area contributed by atoms with Crippen LogP contribution in [0.3, 0.4) is 0 Å². The average molecular weight is 739 g/mol. The number of rotatable bonds is 3. The highest BCUT2D eigenvalue weighted by Crippen LogP contribution is 2.29. The van der Waals surface area contributed by atoms with E-state index in [1.54, 1.807) is 0 Å². The number of ether oxygens (including phenoxy) is 1. The van der Waals surface area contributed by atoms with Gasteiger partial charge in [-0.25, -0.2) is 4.79 Å². The highest BCUT2D eigenvalue weighted by Gasteiger charge is 2.19. The molecule has 0 spiro atoms. The van der Waals surface area contributed by atoms with Gasteiger partial charge in [-0.1, -0.05) is 0 Å². The Bertz CT molecular complexity index is 541. The number of hydrogen-bond acceptors (Lipinski definition) is 2. The van der Waals surface area contributed by atoms with E-state index in [2.05, 4.69) is 102 Å². The number of carbonyl (C=O) groups is 1. The second-order valence-corrected chi connectivity index (χ2v) is 10.1. The largest absolute Gasteiger partial charge is 0.444 e. The molecule has 21 heavy (non-hydrogen) atoms. The summed E-state index contributed by atoms with van der Waals surface area (Å²) in [5, 5.41) is 2.89. The Morgan fingerprint density at radius 2 is 1.76 bits per heavy atom. The zero-order valence-electron chi connectivity index (χ0n) is 12.2. The molecule has 0 aromatic heterocycles. The van der Waals surface area contributed by atoms with E-state index in [1.807, 2.05) is 27.7 Å². The standard InChI is InChI=1S/C14H17I4NO2/c1-7(19-13(20)21-14(2,3)4)5-8-6-9(15)11(17)12(18)10(8)16/h6-7H,5H2,1-4H3,(H,19,20). The minimum atomic E-state index is -0.466. The predicted octanol–water partition coefficient (Wildman–Crippen LogP) is 5.56. The third kappa shape index (κ3) is 6.81. The molecule has 0 fully saturated rings. The molecule has 0 saturated carbocycles. The third-order valence-electron chi connectivity index (χ3n) is 2.47. The summed E-state index contributed by atoms with van der Waals surface area (Å²) in [6.07, 6.45) is 0.431. The second-order valence-electron chi connectivity index (χ2n) is 5.71. The minimum Gasteiger partial charge on any atom is -0.444 e.